The summed E-state index contributed by atoms with van der Waals surface area (Å²) in [6.45, 7) is 0.566. The number of hydrogen-bond acceptors (Lipinski definition) is 7. The van der Waals surface area contributed by atoms with Gasteiger partial charge in [0.2, 0.25) is 9.84 Å². The first-order valence-electron chi connectivity index (χ1n) is 7.74. The Labute approximate surface area is 153 Å². The van der Waals surface area contributed by atoms with Gasteiger partial charge in [0, 0.05) is 0 Å². The fourth-order valence-corrected chi connectivity index (χ4v) is 3.67. The molecule has 2 rings (SSSR count). The van der Waals surface area contributed by atoms with E-state index in [2.05, 4.69) is 4.18 Å². The fourth-order valence-electron chi connectivity index (χ4n) is 2.02. The lowest BCUT2D eigenvalue weighted by atomic mass is 10.3. The average molecular weight is 400 g/mol. The monoisotopic (exact) mass is 400 g/mol. The second kappa shape index (κ2) is 9.13. The summed E-state index contributed by atoms with van der Waals surface area (Å²) in [6, 6.07) is 14.3. The molecule has 0 heterocycles. The first-order valence-corrected chi connectivity index (χ1v) is 11.0. The van der Waals surface area contributed by atoms with Gasteiger partial charge < -0.3 is 9.47 Å². The van der Waals surface area contributed by atoms with Gasteiger partial charge in [0.15, 0.2) is 0 Å². The van der Waals surface area contributed by atoms with Gasteiger partial charge in [-0.2, -0.15) is 8.42 Å². The molecule has 0 spiro atoms. The van der Waals surface area contributed by atoms with Crippen molar-refractivity contribution in [3.05, 3.63) is 54.6 Å². The molecule has 0 saturated heterocycles. The van der Waals surface area contributed by atoms with Gasteiger partial charge in [-0.15, -0.1) is 0 Å². The normalized spacial score (nSPS) is 12.0. The molecule has 0 N–H and O–H groups in total. The lowest BCUT2D eigenvalue weighted by Crippen LogP contribution is -2.13. The first-order chi connectivity index (χ1) is 12.3. The van der Waals surface area contributed by atoms with Crippen LogP contribution >= 0.6 is 0 Å². The Morgan fingerprint density at radius 3 is 1.92 bits per heavy atom. The van der Waals surface area contributed by atoms with E-state index < -0.39 is 20.0 Å². The van der Waals surface area contributed by atoms with Crippen LogP contribution in [0.25, 0.3) is 0 Å². The SMILES string of the molecule is CS(=O)(=O)OCCOCCOc1ccc(S(=O)(=O)c2ccccc2)cc1. The van der Waals surface area contributed by atoms with Crippen LogP contribution in [0.3, 0.4) is 0 Å². The maximum Gasteiger partial charge on any atom is 0.264 e. The van der Waals surface area contributed by atoms with E-state index in [-0.39, 0.29) is 36.2 Å². The minimum atomic E-state index is -3.55. The van der Waals surface area contributed by atoms with Gasteiger partial charge in [-0.25, -0.2) is 8.42 Å². The molecule has 0 fully saturated rings. The molecular weight excluding hydrogens is 380 g/mol. The largest absolute Gasteiger partial charge is 0.491 e. The van der Waals surface area contributed by atoms with Crippen molar-refractivity contribution in [2.45, 2.75) is 9.79 Å². The fraction of sp³-hybridized carbons (Fsp3) is 0.294. The van der Waals surface area contributed by atoms with Crippen LogP contribution in [0.5, 0.6) is 5.75 Å². The van der Waals surface area contributed by atoms with Crippen molar-refractivity contribution in [2.75, 3.05) is 32.7 Å². The maximum atomic E-state index is 12.5. The second-order valence-electron chi connectivity index (χ2n) is 5.27. The van der Waals surface area contributed by atoms with Crippen LogP contribution in [0.1, 0.15) is 0 Å². The molecule has 0 aliphatic rings. The number of benzene rings is 2. The molecule has 0 bridgehead atoms. The summed E-state index contributed by atoms with van der Waals surface area (Å²) >= 11 is 0. The zero-order valence-electron chi connectivity index (χ0n) is 14.2. The van der Waals surface area contributed by atoms with Crippen LogP contribution < -0.4 is 4.74 Å². The third-order valence-electron chi connectivity index (χ3n) is 3.21. The van der Waals surface area contributed by atoms with E-state index in [0.29, 0.717) is 5.75 Å². The van der Waals surface area contributed by atoms with E-state index in [1.807, 2.05) is 0 Å². The van der Waals surface area contributed by atoms with E-state index in [4.69, 9.17) is 9.47 Å². The molecule has 0 aromatic heterocycles. The molecule has 0 saturated carbocycles. The standard InChI is InChI=1S/C17H20O7S2/c1-25(18,19)24-14-12-22-11-13-23-15-7-9-17(10-8-15)26(20,21)16-5-3-2-4-6-16/h2-10H,11-14H2,1H3. The van der Waals surface area contributed by atoms with Gasteiger partial charge in [-0.3, -0.25) is 4.18 Å². The quantitative estimate of drug-likeness (QED) is 0.444. The predicted molar refractivity (Wildman–Crippen MR) is 95.4 cm³/mol. The molecule has 2 aromatic rings. The number of sulfone groups is 1. The van der Waals surface area contributed by atoms with E-state index in [1.54, 1.807) is 42.5 Å². The van der Waals surface area contributed by atoms with Crippen LogP contribution in [0.15, 0.2) is 64.4 Å². The van der Waals surface area contributed by atoms with Crippen molar-refractivity contribution in [1.29, 1.82) is 0 Å². The Bertz CT molecular complexity index is 890. The van der Waals surface area contributed by atoms with Crippen LogP contribution in [-0.4, -0.2) is 49.5 Å². The topological polar surface area (TPSA) is 96.0 Å². The minimum Gasteiger partial charge on any atom is -0.491 e. The van der Waals surface area contributed by atoms with E-state index in [9.17, 15) is 16.8 Å². The molecule has 0 unspecified atom stereocenters. The summed E-state index contributed by atoms with van der Waals surface area (Å²) in [4.78, 5) is 0.420. The molecule has 0 amide bonds. The Hall–Kier alpha value is -1.94. The van der Waals surface area contributed by atoms with Gasteiger partial charge in [0.05, 0.1) is 35.9 Å². The average Bonchev–Trinajstić information content (AvgIpc) is 2.61. The van der Waals surface area contributed by atoms with Crippen molar-refractivity contribution < 1.29 is 30.5 Å². The van der Waals surface area contributed by atoms with Crippen molar-refractivity contribution in [2.24, 2.45) is 0 Å². The van der Waals surface area contributed by atoms with Gasteiger partial charge in [-0.1, -0.05) is 18.2 Å². The van der Waals surface area contributed by atoms with Gasteiger partial charge in [0.1, 0.15) is 12.4 Å². The van der Waals surface area contributed by atoms with Crippen molar-refractivity contribution in [3.8, 4) is 5.75 Å². The number of ether oxygens (including phenoxy) is 2. The molecule has 142 valence electrons. The summed E-state index contributed by atoms with van der Waals surface area (Å²) in [6.07, 6.45) is 0.970. The summed E-state index contributed by atoms with van der Waals surface area (Å²) in [7, 11) is -7.00. The Balaban J connectivity index is 1.79. The van der Waals surface area contributed by atoms with Gasteiger partial charge >= 0.3 is 0 Å². The highest BCUT2D eigenvalue weighted by Gasteiger charge is 2.16. The lowest BCUT2D eigenvalue weighted by molar-refractivity contribution is 0.0781. The molecule has 0 aliphatic heterocycles. The van der Waals surface area contributed by atoms with E-state index >= 15 is 0 Å². The van der Waals surface area contributed by atoms with E-state index in [0.717, 1.165) is 6.26 Å². The molecule has 26 heavy (non-hydrogen) atoms. The third kappa shape index (κ3) is 6.41. The summed E-state index contributed by atoms with van der Waals surface area (Å²) < 4.78 is 61.6. The lowest BCUT2D eigenvalue weighted by Gasteiger charge is -2.09. The Kier molecular flexibility index (Phi) is 7.15. The van der Waals surface area contributed by atoms with Crippen molar-refractivity contribution in [1.82, 2.24) is 0 Å². The highest BCUT2D eigenvalue weighted by atomic mass is 32.2. The van der Waals surface area contributed by atoms with Crippen LogP contribution in [-0.2, 0) is 28.9 Å². The number of rotatable bonds is 10. The van der Waals surface area contributed by atoms with Gasteiger partial charge in [-0.05, 0) is 36.4 Å². The molecule has 0 aliphatic carbocycles. The zero-order valence-corrected chi connectivity index (χ0v) is 15.8. The highest BCUT2D eigenvalue weighted by molar-refractivity contribution is 7.91. The Morgan fingerprint density at radius 1 is 0.731 bits per heavy atom. The molecule has 9 heteroatoms. The highest BCUT2D eigenvalue weighted by Crippen LogP contribution is 2.22. The first kappa shape index (κ1) is 20.4. The van der Waals surface area contributed by atoms with Crippen LogP contribution in [0, 0.1) is 0 Å². The minimum absolute atomic E-state index is 0.0507. The molecule has 7 nitrogen and oxygen atoms in total. The zero-order chi connectivity index (χ0) is 19.0. The summed E-state index contributed by atoms with van der Waals surface area (Å²) in [5, 5.41) is 0. The maximum absolute atomic E-state index is 12.5. The number of hydrogen-bond donors (Lipinski definition) is 0. The molecule has 0 atom stereocenters. The third-order valence-corrected chi connectivity index (χ3v) is 5.59. The molecule has 2 aromatic carbocycles. The molecule has 0 radical (unpaired) electrons. The smallest absolute Gasteiger partial charge is 0.264 e. The molecular formula is C17H20O7S2. The summed E-state index contributed by atoms with van der Waals surface area (Å²) in [5.74, 6) is 0.507. The van der Waals surface area contributed by atoms with Crippen molar-refractivity contribution >= 4 is 20.0 Å². The van der Waals surface area contributed by atoms with Crippen LogP contribution in [0.2, 0.25) is 0 Å². The summed E-state index contributed by atoms with van der Waals surface area (Å²) in [5.41, 5.74) is 0. The Morgan fingerprint density at radius 2 is 1.31 bits per heavy atom. The van der Waals surface area contributed by atoms with Crippen molar-refractivity contribution in [3.63, 3.8) is 0 Å². The van der Waals surface area contributed by atoms with Crippen LogP contribution in [0.4, 0.5) is 0 Å². The van der Waals surface area contributed by atoms with Gasteiger partial charge in [0.25, 0.3) is 10.1 Å². The predicted octanol–water partition coefficient (Wildman–Crippen LogP) is 1.89. The van der Waals surface area contributed by atoms with E-state index in [1.165, 1.54) is 12.1 Å². The second-order valence-corrected chi connectivity index (χ2v) is 8.87.